The first-order chi connectivity index (χ1) is 10.2. The fourth-order valence-electron chi connectivity index (χ4n) is 1.99. The second kappa shape index (κ2) is 7.43. The van der Waals surface area contributed by atoms with Gasteiger partial charge in [0, 0.05) is 17.1 Å². The molecule has 0 unspecified atom stereocenters. The summed E-state index contributed by atoms with van der Waals surface area (Å²) in [6.07, 6.45) is 0. The van der Waals surface area contributed by atoms with Gasteiger partial charge in [-0.15, -0.1) is 0 Å². The molecule has 5 heteroatoms. The lowest BCUT2D eigenvalue weighted by Gasteiger charge is -2.15. The Morgan fingerprint density at radius 1 is 1.14 bits per heavy atom. The number of ether oxygens (including phenoxy) is 2. The van der Waals surface area contributed by atoms with Gasteiger partial charge in [-0.25, -0.2) is 0 Å². The molecule has 0 radical (unpaired) electrons. The second-order valence-electron chi connectivity index (χ2n) is 4.36. The number of methoxy groups -OCH3 is 1. The Morgan fingerprint density at radius 2 is 1.95 bits per heavy atom. The van der Waals surface area contributed by atoms with Gasteiger partial charge in [0.25, 0.3) is 0 Å². The number of hydrogen-bond acceptors (Lipinski definition) is 3. The zero-order valence-electron chi connectivity index (χ0n) is 12.0. The highest BCUT2D eigenvalue weighted by Gasteiger charge is 2.10. The average Bonchev–Trinajstić information content (AvgIpc) is 2.49. The lowest BCUT2D eigenvalue weighted by atomic mass is 10.1. The molecular weight excluding hydrogens is 309 g/mol. The average molecular weight is 326 g/mol. The van der Waals surface area contributed by atoms with Crippen molar-refractivity contribution in [3.05, 3.63) is 52.0 Å². The molecule has 0 aliphatic heterocycles. The Kier molecular flexibility index (Phi) is 5.59. The van der Waals surface area contributed by atoms with E-state index in [0.717, 1.165) is 17.0 Å². The first-order valence-electron chi connectivity index (χ1n) is 6.63. The predicted molar refractivity (Wildman–Crippen MR) is 88.0 cm³/mol. The van der Waals surface area contributed by atoms with Crippen molar-refractivity contribution in [3.8, 4) is 11.5 Å². The first kappa shape index (κ1) is 15.8. The Hall–Kier alpha value is -1.58. The molecule has 0 aromatic heterocycles. The SMILES string of the molecule is CCOc1c(CNc2cc(Cl)ccc2Cl)cccc1OC. The summed E-state index contributed by atoms with van der Waals surface area (Å²) < 4.78 is 11.0. The van der Waals surface area contributed by atoms with E-state index in [1.807, 2.05) is 25.1 Å². The Balaban J connectivity index is 2.21. The molecule has 0 heterocycles. The lowest BCUT2D eigenvalue weighted by molar-refractivity contribution is 0.308. The highest BCUT2D eigenvalue weighted by molar-refractivity contribution is 6.35. The number of halogens is 2. The summed E-state index contributed by atoms with van der Waals surface area (Å²) in [5.41, 5.74) is 1.78. The number of benzene rings is 2. The number of rotatable bonds is 6. The van der Waals surface area contributed by atoms with Crippen LogP contribution in [-0.2, 0) is 6.54 Å². The lowest BCUT2D eigenvalue weighted by Crippen LogP contribution is -2.05. The molecule has 3 nitrogen and oxygen atoms in total. The molecule has 0 aliphatic rings. The van der Waals surface area contributed by atoms with Crippen LogP contribution in [0.4, 0.5) is 5.69 Å². The predicted octanol–water partition coefficient (Wildman–Crippen LogP) is 5.01. The van der Waals surface area contributed by atoms with Gasteiger partial charge < -0.3 is 14.8 Å². The highest BCUT2D eigenvalue weighted by atomic mass is 35.5. The van der Waals surface area contributed by atoms with E-state index < -0.39 is 0 Å². The van der Waals surface area contributed by atoms with Crippen LogP contribution in [0.3, 0.4) is 0 Å². The van der Waals surface area contributed by atoms with E-state index in [-0.39, 0.29) is 0 Å². The molecule has 0 amide bonds. The fraction of sp³-hybridized carbons (Fsp3) is 0.250. The summed E-state index contributed by atoms with van der Waals surface area (Å²) >= 11 is 12.1. The minimum absolute atomic E-state index is 0.562. The summed E-state index contributed by atoms with van der Waals surface area (Å²) in [6.45, 7) is 3.08. The van der Waals surface area contributed by atoms with Crippen molar-refractivity contribution in [2.24, 2.45) is 0 Å². The zero-order valence-corrected chi connectivity index (χ0v) is 13.5. The Labute approximate surface area is 134 Å². The van der Waals surface area contributed by atoms with E-state index in [2.05, 4.69) is 5.32 Å². The van der Waals surface area contributed by atoms with E-state index in [4.69, 9.17) is 32.7 Å². The number of para-hydroxylation sites is 1. The normalized spacial score (nSPS) is 10.3. The molecule has 2 aromatic carbocycles. The Morgan fingerprint density at radius 3 is 2.67 bits per heavy atom. The van der Waals surface area contributed by atoms with Gasteiger partial charge in [0.15, 0.2) is 11.5 Å². The van der Waals surface area contributed by atoms with Gasteiger partial charge in [-0.05, 0) is 31.2 Å². The molecule has 21 heavy (non-hydrogen) atoms. The van der Waals surface area contributed by atoms with Crippen molar-refractivity contribution >= 4 is 28.9 Å². The topological polar surface area (TPSA) is 30.5 Å². The van der Waals surface area contributed by atoms with Crippen LogP contribution in [0.15, 0.2) is 36.4 Å². The third-order valence-electron chi connectivity index (χ3n) is 2.97. The van der Waals surface area contributed by atoms with Crippen molar-refractivity contribution in [3.63, 3.8) is 0 Å². The van der Waals surface area contributed by atoms with Crippen molar-refractivity contribution in [2.75, 3.05) is 19.0 Å². The molecule has 0 bridgehead atoms. The van der Waals surface area contributed by atoms with Gasteiger partial charge in [-0.3, -0.25) is 0 Å². The summed E-state index contributed by atoms with van der Waals surface area (Å²) in [6, 6.07) is 11.1. The molecular formula is C16H17Cl2NO2. The molecule has 2 aromatic rings. The number of hydrogen-bond donors (Lipinski definition) is 1. The molecule has 0 saturated heterocycles. The first-order valence-corrected chi connectivity index (χ1v) is 7.39. The van der Waals surface area contributed by atoms with Crippen molar-refractivity contribution in [1.29, 1.82) is 0 Å². The molecule has 0 saturated carbocycles. The van der Waals surface area contributed by atoms with Gasteiger partial charge in [0.05, 0.1) is 24.4 Å². The van der Waals surface area contributed by atoms with Crippen LogP contribution in [0.1, 0.15) is 12.5 Å². The van der Waals surface area contributed by atoms with E-state index in [1.54, 1.807) is 25.3 Å². The minimum atomic E-state index is 0.562. The standard InChI is InChI=1S/C16H17Cl2NO2/c1-3-21-16-11(5-4-6-15(16)20-2)10-19-14-9-12(17)7-8-13(14)18/h4-9,19H,3,10H2,1-2H3. The molecule has 2 rings (SSSR count). The highest BCUT2D eigenvalue weighted by Crippen LogP contribution is 2.32. The fourth-order valence-corrected chi connectivity index (χ4v) is 2.35. The van der Waals surface area contributed by atoms with Crippen molar-refractivity contribution in [1.82, 2.24) is 0 Å². The van der Waals surface area contributed by atoms with Crippen LogP contribution in [0, 0.1) is 0 Å². The minimum Gasteiger partial charge on any atom is -0.493 e. The number of nitrogens with one attached hydrogen (secondary N) is 1. The van der Waals surface area contributed by atoms with Gasteiger partial charge in [-0.2, -0.15) is 0 Å². The molecule has 0 aliphatic carbocycles. The third kappa shape index (κ3) is 3.96. The summed E-state index contributed by atoms with van der Waals surface area (Å²) in [5, 5.41) is 4.53. The zero-order chi connectivity index (χ0) is 15.2. The molecule has 0 fully saturated rings. The van der Waals surface area contributed by atoms with Crippen LogP contribution in [0.5, 0.6) is 11.5 Å². The van der Waals surface area contributed by atoms with Gasteiger partial charge >= 0.3 is 0 Å². The largest absolute Gasteiger partial charge is 0.493 e. The second-order valence-corrected chi connectivity index (χ2v) is 5.20. The van der Waals surface area contributed by atoms with Gasteiger partial charge in [0.2, 0.25) is 0 Å². The summed E-state index contributed by atoms with van der Waals surface area (Å²) in [4.78, 5) is 0. The maximum absolute atomic E-state index is 6.14. The van der Waals surface area contributed by atoms with Crippen LogP contribution < -0.4 is 14.8 Å². The van der Waals surface area contributed by atoms with E-state index in [1.165, 1.54) is 0 Å². The summed E-state index contributed by atoms with van der Waals surface area (Å²) in [7, 11) is 1.63. The van der Waals surface area contributed by atoms with Gasteiger partial charge in [-0.1, -0.05) is 35.3 Å². The third-order valence-corrected chi connectivity index (χ3v) is 3.53. The molecule has 0 spiro atoms. The quantitative estimate of drug-likeness (QED) is 0.809. The van der Waals surface area contributed by atoms with Crippen LogP contribution in [0.2, 0.25) is 10.0 Å². The molecule has 112 valence electrons. The Bertz CT molecular complexity index is 617. The monoisotopic (exact) mass is 325 g/mol. The number of anilines is 1. The maximum Gasteiger partial charge on any atom is 0.166 e. The van der Waals surface area contributed by atoms with E-state index in [0.29, 0.717) is 28.9 Å². The van der Waals surface area contributed by atoms with Crippen LogP contribution >= 0.6 is 23.2 Å². The van der Waals surface area contributed by atoms with E-state index >= 15 is 0 Å². The maximum atomic E-state index is 6.14. The molecule has 1 N–H and O–H groups in total. The van der Waals surface area contributed by atoms with Crippen molar-refractivity contribution < 1.29 is 9.47 Å². The van der Waals surface area contributed by atoms with Crippen LogP contribution in [0.25, 0.3) is 0 Å². The smallest absolute Gasteiger partial charge is 0.166 e. The molecule has 0 atom stereocenters. The summed E-state index contributed by atoms with van der Waals surface area (Å²) in [5.74, 6) is 1.46. The van der Waals surface area contributed by atoms with Crippen LogP contribution in [-0.4, -0.2) is 13.7 Å². The van der Waals surface area contributed by atoms with E-state index in [9.17, 15) is 0 Å². The van der Waals surface area contributed by atoms with Crippen molar-refractivity contribution in [2.45, 2.75) is 13.5 Å². The van der Waals surface area contributed by atoms with Gasteiger partial charge in [0.1, 0.15) is 0 Å².